The van der Waals surface area contributed by atoms with E-state index >= 15 is 0 Å². The van der Waals surface area contributed by atoms with Gasteiger partial charge in [0.05, 0.1) is 22.5 Å². The second kappa shape index (κ2) is 4.48. The molecule has 1 amide bonds. The van der Waals surface area contributed by atoms with Crippen LogP contribution in [0.3, 0.4) is 0 Å². The van der Waals surface area contributed by atoms with Crippen molar-refractivity contribution in [2.24, 2.45) is 0 Å². The van der Waals surface area contributed by atoms with Gasteiger partial charge in [0.25, 0.3) is 0 Å². The minimum absolute atomic E-state index is 0.0735. The first-order chi connectivity index (χ1) is 9.96. The van der Waals surface area contributed by atoms with Crippen LogP contribution in [0.5, 0.6) is 0 Å². The van der Waals surface area contributed by atoms with E-state index in [4.69, 9.17) is 0 Å². The molecule has 0 bridgehead atoms. The number of carbonyl (C=O) groups excluding carboxylic acids is 2. The number of fused-ring (bicyclic) bond motifs is 1. The molecule has 1 aliphatic rings. The van der Waals surface area contributed by atoms with Gasteiger partial charge in [-0.3, -0.25) is 19.5 Å². The van der Waals surface area contributed by atoms with Gasteiger partial charge in [0.15, 0.2) is 0 Å². The van der Waals surface area contributed by atoms with E-state index in [0.29, 0.717) is 23.2 Å². The van der Waals surface area contributed by atoms with Crippen LogP contribution in [0.4, 0.5) is 15.8 Å². The number of aldehydes is 1. The molecular formula is C16H13FN2O2. The molecule has 0 saturated heterocycles. The summed E-state index contributed by atoms with van der Waals surface area (Å²) in [6.07, 6.45) is 2.23. The average molecular weight is 284 g/mol. The summed E-state index contributed by atoms with van der Waals surface area (Å²) in [6.45, 7) is 3.51. The summed E-state index contributed by atoms with van der Waals surface area (Å²) in [5, 5.41) is 0. The third-order valence-electron chi connectivity index (χ3n) is 3.70. The molecule has 0 fully saturated rings. The third-order valence-corrected chi connectivity index (χ3v) is 3.70. The Bertz CT molecular complexity index is 756. The largest absolute Gasteiger partial charge is 0.298 e. The quantitative estimate of drug-likeness (QED) is 0.797. The summed E-state index contributed by atoms with van der Waals surface area (Å²) in [5.74, 6) is -0.820. The number of pyridine rings is 1. The number of carbonyl (C=O) groups is 2. The van der Waals surface area contributed by atoms with Gasteiger partial charge in [0.1, 0.15) is 12.1 Å². The third kappa shape index (κ3) is 1.85. The summed E-state index contributed by atoms with van der Waals surface area (Å²) in [5.41, 5.74) is 0.708. The number of benzene rings is 1. The molecule has 106 valence electrons. The number of hydrogen-bond acceptors (Lipinski definition) is 3. The van der Waals surface area contributed by atoms with Gasteiger partial charge >= 0.3 is 0 Å². The van der Waals surface area contributed by atoms with E-state index in [0.717, 1.165) is 0 Å². The first-order valence-corrected chi connectivity index (χ1v) is 6.51. The number of rotatable bonds is 2. The van der Waals surface area contributed by atoms with Crippen LogP contribution in [-0.4, -0.2) is 17.2 Å². The molecule has 2 heterocycles. The van der Waals surface area contributed by atoms with Gasteiger partial charge in [-0.1, -0.05) is 0 Å². The number of hydrogen-bond donors (Lipinski definition) is 0. The predicted molar refractivity (Wildman–Crippen MR) is 76.2 cm³/mol. The molecule has 2 aromatic rings. The van der Waals surface area contributed by atoms with Crippen molar-refractivity contribution in [3.63, 3.8) is 0 Å². The summed E-state index contributed by atoms with van der Waals surface area (Å²) < 4.78 is 14.1. The molecule has 0 saturated carbocycles. The second-order valence-corrected chi connectivity index (χ2v) is 5.47. The fourth-order valence-corrected chi connectivity index (χ4v) is 2.56. The highest BCUT2D eigenvalue weighted by Crippen LogP contribution is 2.44. The molecular weight excluding hydrogens is 271 g/mol. The fourth-order valence-electron chi connectivity index (χ4n) is 2.56. The monoisotopic (exact) mass is 284 g/mol. The lowest BCUT2D eigenvalue weighted by molar-refractivity contribution is -0.121. The molecule has 21 heavy (non-hydrogen) atoms. The lowest BCUT2D eigenvalue weighted by Gasteiger charge is -2.20. The van der Waals surface area contributed by atoms with Gasteiger partial charge in [-0.15, -0.1) is 0 Å². The lowest BCUT2D eigenvalue weighted by atomic mass is 9.90. The molecule has 3 rings (SSSR count). The Morgan fingerprint density at radius 3 is 2.71 bits per heavy atom. The Kier molecular flexibility index (Phi) is 2.86. The van der Waals surface area contributed by atoms with Crippen molar-refractivity contribution in [1.29, 1.82) is 0 Å². The van der Waals surface area contributed by atoms with Crippen molar-refractivity contribution in [2.45, 2.75) is 19.3 Å². The SMILES string of the molecule is CC1(C)C(=O)N(c2cc(C=O)ccc2F)c2cccnc21. The number of aromatic nitrogens is 1. The second-order valence-electron chi connectivity index (χ2n) is 5.47. The van der Waals surface area contributed by atoms with E-state index in [9.17, 15) is 14.0 Å². The highest BCUT2D eigenvalue weighted by molar-refractivity contribution is 6.12. The van der Waals surface area contributed by atoms with Gasteiger partial charge in [-0.25, -0.2) is 4.39 Å². The van der Waals surface area contributed by atoms with E-state index in [1.54, 1.807) is 32.2 Å². The van der Waals surface area contributed by atoms with E-state index in [2.05, 4.69) is 4.98 Å². The van der Waals surface area contributed by atoms with E-state index < -0.39 is 11.2 Å². The zero-order valence-electron chi connectivity index (χ0n) is 11.6. The molecule has 0 atom stereocenters. The van der Waals surface area contributed by atoms with Gasteiger partial charge in [0.2, 0.25) is 5.91 Å². The smallest absolute Gasteiger partial charge is 0.243 e. The van der Waals surface area contributed by atoms with Crippen LogP contribution in [0.15, 0.2) is 36.5 Å². The molecule has 0 aliphatic carbocycles. The molecule has 0 radical (unpaired) electrons. The Morgan fingerprint density at radius 2 is 2.00 bits per heavy atom. The Morgan fingerprint density at radius 1 is 1.24 bits per heavy atom. The Hall–Kier alpha value is -2.56. The molecule has 1 aliphatic heterocycles. The van der Waals surface area contributed by atoms with E-state index in [1.165, 1.54) is 23.1 Å². The van der Waals surface area contributed by atoms with Gasteiger partial charge in [-0.05, 0) is 44.2 Å². The highest BCUT2D eigenvalue weighted by Gasteiger charge is 2.46. The van der Waals surface area contributed by atoms with Crippen molar-refractivity contribution < 1.29 is 14.0 Å². The molecule has 1 aromatic carbocycles. The van der Waals surface area contributed by atoms with Crippen LogP contribution >= 0.6 is 0 Å². The van der Waals surface area contributed by atoms with E-state index in [1.807, 2.05) is 0 Å². The molecule has 0 N–H and O–H groups in total. The zero-order chi connectivity index (χ0) is 15.2. The van der Waals surface area contributed by atoms with Gasteiger partial charge < -0.3 is 0 Å². The molecule has 0 spiro atoms. The summed E-state index contributed by atoms with van der Waals surface area (Å²) in [4.78, 5) is 29.1. The molecule has 0 unspecified atom stereocenters. The fraction of sp³-hybridized carbons (Fsp3) is 0.188. The number of halogens is 1. The molecule has 1 aromatic heterocycles. The van der Waals surface area contributed by atoms with Crippen LogP contribution in [0.1, 0.15) is 29.9 Å². The summed E-state index contributed by atoms with van der Waals surface area (Å²) in [6, 6.07) is 7.36. The van der Waals surface area contributed by atoms with Crippen LogP contribution < -0.4 is 4.90 Å². The van der Waals surface area contributed by atoms with Crippen LogP contribution in [0.25, 0.3) is 0 Å². The van der Waals surface area contributed by atoms with Crippen LogP contribution in [0.2, 0.25) is 0 Å². The molecule has 5 heteroatoms. The van der Waals surface area contributed by atoms with Gasteiger partial charge in [-0.2, -0.15) is 0 Å². The maximum Gasteiger partial charge on any atom is 0.243 e. The summed E-state index contributed by atoms with van der Waals surface area (Å²) >= 11 is 0. The standard InChI is InChI=1S/C16H13FN2O2/c1-16(2)14-12(4-3-7-18-14)19(15(16)21)13-8-10(9-20)5-6-11(13)17/h3-9H,1-2H3. The minimum Gasteiger partial charge on any atom is -0.298 e. The van der Waals surface area contributed by atoms with Crippen molar-refractivity contribution in [2.75, 3.05) is 4.90 Å². The number of nitrogens with zero attached hydrogens (tertiary/aromatic N) is 2. The lowest BCUT2D eigenvalue weighted by Crippen LogP contribution is -2.33. The topological polar surface area (TPSA) is 50.3 Å². The van der Waals surface area contributed by atoms with Crippen LogP contribution in [0, 0.1) is 5.82 Å². The van der Waals surface area contributed by atoms with E-state index in [-0.39, 0.29) is 11.6 Å². The predicted octanol–water partition coefficient (Wildman–Crippen LogP) is 2.99. The maximum absolute atomic E-state index is 14.1. The summed E-state index contributed by atoms with van der Waals surface area (Å²) in [7, 11) is 0. The minimum atomic E-state index is -0.833. The first-order valence-electron chi connectivity index (χ1n) is 6.51. The average Bonchev–Trinajstić information content (AvgIpc) is 2.68. The van der Waals surface area contributed by atoms with Crippen molar-refractivity contribution in [3.8, 4) is 0 Å². The number of anilines is 2. The van der Waals surface area contributed by atoms with Crippen molar-refractivity contribution in [3.05, 3.63) is 53.6 Å². The normalized spacial score (nSPS) is 16.0. The van der Waals surface area contributed by atoms with Crippen molar-refractivity contribution >= 4 is 23.6 Å². The first kappa shape index (κ1) is 13.4. The van der Waals surface area contributed by atoms with Crippen molar-refractivity contribution in [1.82, 2.24) is 4.98 Å². The molecule has 4 nitrogen and oxygen atoms in total. The highest BCUT2D eigenvalue weighted by atomic mass is 19.1. The maximum atomic E-state index is 14.1. The zero-order valence-corrected chi connectivity index (χ0v) is 11.6. The Labute approximate surface area is 121 Å². The van der Waals surface area contributed by atoms with Gasteiger partial charge in [0, 0.05) is 11.8 Å². The van der Waals surface area contributed by atoms with Crippen LogP contribution in [-0.2, 0) is 10.2 Å². The number of amides is 1. The Balaban J connectivity index is 2.24.